The van der Waals surface area contributed by atoms with Crippen LogP contribution in [0, 0.1) is 0 Å². The second-order valence-electron chi connectivity index (χ2n) is 2.35. The molecule has 0 bridgehead atoms. The summed E-state index contributed by atoms with van der Waals surface area (Å²) in [6, 6.07) is 0. The van der Waals surface area contributed by atoms with Gasteiger partial charge in [-0.1, -0.05) is 5.21 Å². The van der Waals surface area contributed by atoms with Crippen molar-refractivity contribution in [1.82, 2.24) is 15.0 Å². The van der Waals surface area contributed by atoms with Gasteiger partial charge in [0.15, 0.2) is 0 Å². The molecule has 0 spiro atoms. The molecule has 1 aromatic rings. The predicted molar refractivity (Wildman–Crippen MR) is 39.7 cm³/mol. The van der Waals surface area contributed by atoms with E-state index in [9.17, 15) is 5.11 Å². The first-order chi connectivity index (χ1) is 5.25. The van der Waals surface area contributed by atoms with Crippen LogP contribution in [0.2, 0.25) is 0 Å². The summed E-state index contributed by atoms with van der Waals surface area (Å²) >= 11 is 0. The molecule has 0 aliphatic carbocycles. The first kappa shape index (κ1) is 8.16. The van der Waals surface area contributed by atoms with Crippen LogP contribution in [-0.4, -0.2) is 26.6 Å². The van der Waals surface area contributed by atoms with E-state index >= 15 is 0 Å². The average Bonchev–Trinajstić information content (AvgIpc) is 2.36. The maximum absolute atomic E-state index is 9.18. The highest BCUT2D eigenvalue weighted by Crippen LogP contribution is 2.07. The Hall–Kier alpha value is -0.940. The van der Waals surface area contributed by atoms with E-state index in [1.54, 1.807) is 17.8 Å². The van der Waals surface area contributed by atoms with Crippen molar-refractivity contribution in [2.45, 2.75) is 19.6 Å². The number of hydrogen-bond donors (Lipinski definition) is 2. The molecule has 0 amide bonds. The number of nitrogens with zero attached hydrogens (tertiary/aromatic N) is 3. The molecular weight excluding hydrogens is 144 g/mol. The molecule has 1 unspecified atom stereocenters. The van der Waals surface area contributed by atoms with Crippen molar-refractivity contribution >= 4 is 0 Å². The zero-order valence-corrected chi connectivity index (χ0v) is 6.44. The lowest BCUT2D eigenvalue weighted by Crippen LogP contribution is -2.14. The van der Waals surface area contributed by atoms with Crippen LogP contribution in [0.15, 0.2) is 6.20 Å². The van der Waals surface area contributed by atoms with Gasteiger partial charge in [0.05, 0.1) is 24.5 Å². The maximum atomic E-state index is 9.18. The quantitative estimate of drug-likeness (QED) is 0.606. The van der Waals surface area contributed by atoms with Gasteiger partial charge >= 0.3 is 0 Å². The molecule has 0 aromatic carbocycles. The Morgan fingerprint density at radius 2 is 2.55 bits per heavy atom. The van der Waals surface area contributed by atoms with Crippen molar-refractivity contribution < 1.29 is 5.11 Å². The van der Waals surface area contributed by atoms with E-state index in [0.29, 0.717) is 18.8 Å². The summed E-state index contributed by atoms with van der Waals surface area (Å²) in [6.07, 6.45) is 1.01. The van der Waals surface area contributed by atoms with E-state index in [0.717, 1.165) is 0 Å². The fourth-order valence-electron chi connectivity index (χ4n) is 0.885. The fraction of sp³-hybridized carbons (Fsp3) is 0.667. The molecule has 3 N–H and O–H groups in total. The normalized spacial score (nSPS) is 13.4. The Labute approximate surface area is 64.8 Å². The van der Waals surface area contributed by atoms with E-state index in [1.165, 1.54) is 0 Å². The minimum Gasteiger partial charge on any atom is -0.387 e. The molecule has 1 aromatic heterocycles. The van der Waals surface area contributed by atoms with Crippen LogP contribution >= 0.6 is 0 Å². The molecule has 0 radical (unpaired) electrons. The number of nitrogens with two attached hydrogens (primary N) is 1. The summed E-state index contributed by atoms with van der Waals surface area (Å²) in [5.41, 5.74) is 6.02. The lowest BCUT2D eigenvalue weighted by atomic mass is 10.3. The SMILES string of the molecule is CC(O)c1cnnn1CCN. The monoisotopic (exact) mass is 156 g/mol. The minimum absolute atomic E-state index is 0.503. The van der Waals surface area contributed by atoms with Crippen molar-refractivity contribution in [1.29, 1.82) is 0 Å². The van der Waals surface area contributed by atoms with Gasteiger partial charge in [-0.15, -0.1) is 5.10 Å². The molecule has 5 heteroatoms. The van der Waals surface area contributed by atoms with Crippen LogP contribution in [0.3, 0.4) is 0 Å². The third kappa shape index (κ3) is 1.75. The van der Waals surface area contributed by atoms with Crippen LogP contribution in [0.4, 0.5) is 0 Å². The summed E-state index contributed by atoms with van der Waals surface area (Å²) in [6.45, 7) is 2.77. The molecule has 1 atom stereocenters. The number of aliphatic hydroxyl groups excluding tert-OH is 1. The summed E-state index contributed by atoms with van der Waals surface area (Å²) in [5.74, 6) is 0. The average molecular weight is 156 g/mol. The molecule has 0 aliphatic heterocycles. The van der Waals surface area contributed by atoms with Crippen molar-refractivity contribution in [3.05, 3.63) is 11.9 Å². The Kier molecular flexibility index (Phi) is 2.56. The summed E-state index contributed by atoms with van der Waals surface area (Å²) < 4.78 is 1.60. The second kappa shape index (κ2) is 3.45. The lowest BCUT2D eigenvalue weighted by Gasteiger charge is -2.05. The fourth-order valence-corrected chi connectivity index (χ4v) is 0.885. The van der Waals surface area contributed by atoms with Gasteiger partial charge in [0.25, 0.3) is 0 Å². The highest BCUT2D eigenvalue weighted by Gasteiger charge is 2.07. The molecular formula is C6H12N4O. The third-order valence-electron chi connectivity index (χ3n) is 1.42. The van der Waals surface area contributed by atoms with Crippen molar-refractivity contribution in [3.8, 4) is 0 Å². The van der Waals surface area contributed by atoms with Gasteiger partial charge in [0.1, 0.15) is 0 Å². The molecule has 0 saturated carbocycles. The first-order valence-corrected chi connectivity index (χ1v) is 3.52. The number of aromatic nitrogens is 3. The molecule has 1 heterocycles. The number of aliphatic hydroxyl groups is 1. The van der Waals surface area contributed by atoms with Gasteiger partial charge in [-0.3, -0.25) is 0 Å². The van der Waals surface area contributed by atoms with Crippen molar-refractivity contribution in [2.24, 2.45) is 5.73 Å². The van der Waals surface area contributed by atoms with Gasteiger partial charge in [-0.25, -0.2) is 4.68 Å². The van der Waals surface area contributed by atoms with E-state index in [1.807, 2.05) is 0 Å². The molecule has 0 aliphatic rings. The first-order valence-electron chi connectivity index (χ1n) is 3.52. The van der Waals surface area contributed by atoms with Crippen LogP contribution in [-0.2, 0) is 6.54 Å². The largest absolute Gasteiger partial charge is 0.387 e. The Bertz CT molecular complexity index is 220. The summed E-state index contributed by atoms with van der Waals surface area (Å²) in [5, 5.41) is 16.6. The van der Waals surface area contributed by atoms with Crippen LogP contribution in [0.25, 0.3) is 0 Å². The number of rotatable bonds is 3. The van der Waals surface area contributed by atoms with Crippen LogP contribution < -0.4 is 5.73 Å². The lowest BCUT2D eigenvalue weighted by molar-refractivity contribution is 0.187. The topological polar surface area (TPSA) is 77.0 Å². The van der Waals surface area contributed by atoms with Crippen LogP contribution in [0.1, 0.15) is 18.7 Å². The molecule has 5 nitrogen and oxygen atoms in total. The molecule has 1 rings (SSSR count). The molecule has 0 fully saturated rings. The van der Waals surface area contributed by atoms with Gasteiger partial charge < -0.3 is 10.8 Å². The summed E-state index contributed by atoms with van der Waals surface area (Å²) in [4.78, 5) is 0. The number of hydrogen-bond acceptors (Lipinski definition) is 4. The second-order valence-corrected chi connectivity index (χ2v) is 2.35. The van der Waals surface area contributed by atoms with Gasteiger partial charge in [0, 0.05) is 6.54 Å². The predicted octanol–water partition coefficient (Wildman–Crippen LogP) is -0.710. The maximum Gasteiger partial charge on any atom is 0.0945 e. The Balaban J connectivity index is 2.78. The highest BCUT2D eigenvalue weighted by molar-refractivity contribution is 4.96. The van der Waals surface area contributed by atoms with E-state index < -0.39 is 6.10 Å². The van der Waals surface area contributed by atoms with E-state index in [-0.39, 0.29) is 0 Å². The van der Waals surface area contributed by atoms with Crippen LogP contribution in [0.5, 0.6) is 0 Å². The Morgan fingerprint density at radius 1 is 1.82 bits per heavy atom. The molecule has 62 valence electrons. The Morgan fingerprint density at radius 3 is 3.09 bits per heavy atom. The van der Waals surface area contributed by atoms with Crippen molar-refractivity contribution in [2.75, 3.05) is 6.54 Å². The van der Waals surface area contributed by atoms with Crippen molar-refractivity contribution in [3.63, 3.8) is 0 Å². The smallest absolute Gasteiger partial charge is 0.0945 e. The third-order valence-corrected chi connectivity index (χ3v) is 1.42. The molecule has 11 heavy (non-hydrogen) atoms. The van der Waals surface area contributed by atoms with E-state index in [4.69, 9.17) is 5.73 Å². The highest BCUT2D eigenvalue weighted by atomic mass is 16.3. The van der Waals surface area contributed by atoms with E-state index in [2.05, 4.69) is 10.3 Å². The zero-order chi connectivity index (χ0) is 8.27. The zero-order valence-electron chi connectivity index (χ0n) is 6.44. The van der Waals surface area contributed by atoms with Gasteiger partial charge in [-0.2, -0.15) is 0 Å². The summed E-state index contributed by atoms with van der Waals surface area (Å²) in [7, 11) is 0. The van der Waals surface area contributed by atoms with Gasteiger partial charge in [0.2, 0.25) is 0 Å². The van der Waals surface area contributed by atoms with Gasteiger partial charge in [-0.05, 0) is 6.92 Å². The minimum atomic E-state index is -0.531. The standard InChI is InChI=1S/C6H12N4O/c1-5(11)6-4-8-9-10(6)3-2-7/h4-5,11H,2-3,7H2,1H3. The molecule has 0 saturated heterocycles.